The largest absolute Gasteiger partial charge is 0.461 e. The maximum atomic E-state index is 12.8. The standard InChI is InChI=1S/C18H16N2O3/c1-2-23-18(22)16-15(19-12-8-4-3-5-9-12)17(21)13-10-6-7-11-14(13)20-16/h3-11,15,19H,2H2,1H3. The molecule has 0 saturated heterocycles. The molecular formula is C18H16N2O3. The molecule has 23 heavy (non-hydrogen) atoms. The molecule has 5 nitrogen and oxygen atoms in total. The third-order valence-electron chi connectivity index (χ3n) is 3.52. The van der Waals surface area contributed by atoms with Gasteiger partial charge < -0.3 is 10.1 Å². The number of carbonyl (C=O) groups excluding carboxylic acids is 2. The molecule has 3 rings (SSSR count). The molecule has 0 amide bonds. The van der Waals surface area contributed by atoms with Crippen molar-refractivity contribution in [2.45, 2.75) is 13.0 Å². The molecule has 0 fully saturated rings. The van der Waals surface area contributed by atoms with Crippen molar-refractivity contribution in [1.82, 2.24) is 0 Å². The third kappa shape index (κ3) is 2.99. The van der Waals surface area contributed by atoms with Crippen LogP contribution < -0.4 is 5.32 Å². The van der Waals surface area contributed by atoms with E-state index >= 15 is 0 Å². The molecule has 1 aliphatic rings. The van der Waals surface area contributed by atoms with Crippen LogP contribution in [0.3, 0.4) is 0 Å². The first-order chi connectivity index (χ1) is 11.2. The van der Waals surface area contributed by atoms with Gasteiger partial charge in [-0.15, -0.1) is 0 Å². The van der Waals surface area contributed by atoms with Gasteiger partial charge in [-0.05, 0) is 31.2 Å². The summed E-state index contributed by atoms with van der Waals surface area (Å²) >= 11 is 0. The molecule has 1 atom stereocenters. The molecule has 2 aromatic carbocycles. The average Bonchev–Trinajstić information content (AvgIpc) is 2.58. The predicted molar refractivity (Wildman–Crippen MR) is 88.4 cm³/mol. The fourth-order valence-corrected chi connectivity index (χ4v) is 2.46. The maximum absolute atomic E-state index is 12.8. The number of ketones is 1. The van der Waals surface area contributed by atoms with Gasteiger partial charge in [0.25, 0.3) is 0 Å². The summed E-state index contributed by atoms with van der Waals surface area (Å²) in [4.78, 5) is 29.3. The number of aliphatic imine (C=N–C) groups is 1. The number of Topliss-reactive ketones (excluding diaryl/α,β-unsaturated/α-hetero) is 1. The van der Waals surface area contributed by atoms with Crippen LogP contribution >= 0.6 is 0 Å². The number of nitrogens with one attached hydrogen (secondary N) is 1. The zero-order chi connectivity index (χ0) is 16.2. The minimum atomic E-state index is -0.855. The Morgan fingerprint density at radius 2 is 1.83 bits per heavy atom. The third-order valence-corrected chi connectivity index (χ3v) is 3.52. The number of anilines is 1. The number of hydrogen-bond acceptors (Lipinski definition) is 5. The molecule has 0 radical (unpaired) electrons. The molecule has 0 aromatic heterocycles. The Kier molecular flexibility index (Phi) is 4.19. The van der Waals surface area contributed by atoms with E-state index in [1.165, 1.54) is 0 Å². The Bertz CT molecular complexity index is 769. The highest BCUT2D eigenvalue weighted by Crippen LogP contribution is 2.27. The zero-order valence-electron chi connectivity index (χ0n) is 12.7. The number of rotatable bonds is 4. The molecule has 5 heteroatoms. The number of esters is 1. The lowest BCUT2D eigenvalue weighted by molar-refractivity contribution is -0.135. The van der Waals surface area contributed by atoms with E-state index in [4.69, 9.17) is 4.74 Å². The molecule has 0 spiro atoms. The van der Waals surface area contributed by atoms with Crippen molar-refractivity contribution < 1.29 is 14.3 Å². The Morgan fingerprint density at radius 3 is 2.57 bits per heavy atom. The number of nitrogens with zero attached hydrogens (tertiary/aromatic N) is 1. The van der Waals surface area contributed by atoms with Crippen molar-refractivity contribution in [3.8, 4) is 0 Å². The van der Waals surface area contributed by atoms with Gasteiger partial charge in [0, 0.05) is 11.3 Å². The summed E-state index contributed by atoms with van der Waals surface area (Å²) < 4.78 is 5.05. The second kappa shape index (κ2) is 6.44. The SMILES string of the molecule is CCOC(=O)C1=Nc2ccccc2C(=O)C1Nc1ccccc1. The Morgan fingerprint density at radius 1 is 1.13 bits per heavy atom. The fourth-order valence-electron chi connectivity index (χ4n) is 2.46. The summed E-state index contributed by atoms with van der Waals surface area (Å²) in [6.07, 6.45) is 0. The number of ether oxygens (including phenoxy) is 1. The van der Waals surface area contributed by atoms with Crippen molar-refractivity contribution in [1.29, 1.82) is 0 Å². The number of fused-ring (bicyclic) bond motifs is 1. The lowest BCUT2D eigenvalue weighted by atomic mass is 9.95. The van der Waals surface area contributed by atoms with Crippen LogP contribution in [0.4, 0.5) is 11.4 Å². The van der Waals surface area contributed by atoms with E-state index in [0.29, 0.717) is 11.3 Å². The summed E-state index contributed by atoms with van der Waals surface area (Å²) in [7, 11) is 0. The lowest BCUT2D eigenvalue weighted by Crippen LogP contribution is -2.44. The Hall–Kier alpha value is -2.95. The van der Waals surface area contributed by atoms with Crippen molar-refractivity contribution in [2.24, 2.45) is 4.99 Å². The normalized spacial score (nSPS) is 16.3. The average molecular weight is 308 g/mol. The van der Waals surface area contributed by atoms with Crippen LogP contribution in [0.5, 0.6) is 0 Å². The second-order valence-corrected chi connectivity index (χ2v) is 5.04. The maximum Gasteiger partial charge on any atom is 0.355 e. The molecular weight excluding hydrogens is 292 g/mol. The highest BCUT2D eigenvalue weighted by atomic mass is 16.5. The van der Waals surface area contributed by atoms with E-state index in [1.807, 2.05) is 30.3 Å². The number of para-hydroxylation sites is 2. The van der Waals surface area contributed by atoms with Gasteiger partial charge >= 0.3 is 5.97 Å². The van der Waals surface area contributed by atoms with Gasteiger partial charge in [-0.3, -0.25) is 4.79 Å². The Balaban J connectivity index is 2.01. The van der Waals surface area contributed by atoms with Crippen molar-refractivity contribution in [3.63, 3.8) is 0 Å². The second-order valence-electron chi connectivity index (χ2n) is 5.04. The van der Waals surface area contributed by atoms with Crippen LogP contribution in [0, 0.1) is 0 Å². The first-order valence-corrected chi connectivity index (χ1v) is 7.41. The summed E-state index contributed by atoms with van der Waals surface area (Å²) in [6, 6.07) is 15.4. The molecule has 0 aliphatic carbocycles. The van der Waals surface area contributed by atoms with Gasteiger partial charge in [-0.2, -0.15) is 0 Å². The van der Waals surface area contributed by atoms with E-state index in [-0.39, 0.29) is 18.1 Å². The highest BCUT2D eigenvalue weighted by Gasteiger charge is 2.36. The summed E-state index contributed by atoms with van der Waals surface area (Å²) in [6.45, 7) is 1.95. The quantitative estimate of drug-likeness (QED) is 0.882. The monoisotopic (exact) mass is 308 g/mol. The van der Waals surface area contributed by atoms with Crippen LogP contribution in [0.15, 0.2) is 59.6 Å². The van der Waals surface area contributed by atoms with Gasteiger partial charge in [0.1, 0.15) is 6.04 Å². The van der Waals surface area contributed by atoms with Crippen LogP contribution in [-0.4, -0.2) is 30.1 Å². The highest BCUT2D eigenvalue weighted by molar-refractivity contribution is 6.46. The molecule has 0 bridgehead atoms. The molecule has 0 saturated carbocycles. The van der Waals surface area contributed by atoms with E-state index in [1.54, 1.807) is 31.2 Å². The van der Waals surface area contributed by atoms with Gasteiger partial charge in [-0.25, -0.2) is 9.79 Å². The molecule has 1 heterocycles. The minimum absolute atomic E-state index is 0.0828. The van der Waals surface area contributed by atoms with E-state index in [0.717, 1.165) is 5.69 Å². The number of benzene rings is 2. The summed E-state index contributed by atoms with van der Waals surface area (Å²) in [5, 5.41) is 3.08. The van der Waals surface area contributed by atoms with Gasteiger partial charge in [0.05, 0.1) is 12.3 Å². The molecule has 1 N–H and O–H groups in total. The van der Waals surface area contributed by atoms with Crippen molar-refractivity contribution in [3.05, 3.63) is 60.2 Å². The topological polar surface area (TPSA) is 67.8 Å². The van der Waals surface area contributed by atoms with E-state index in [9.17, 15) is 9.59 Å². The number of hydrogen-bond donors (Lipinski definition) is 1. The number of carbonyl (C=O) groups is 2. The molecule has 1 unspecified atom stereocenters. The zero-order valence-corrected chi connectivity index (χ0v) is 12.7. The van der Waals surface area contributed by atoms with Crippen LogP contribution in [0.25, 0.3) is 0 Å². The summed E-state index contributed by atoms with van der Waals surface area (Å²) in [5.74, 6) is -0.772. The smallest absolute Gasteiger partial charge is 0.355 e. The van der Waals surface area contributed by atoms with Crippen molar-refractivity contribution >= 4 is 28.8 Å². The van der Waals surface area contributed by atoms with Gasteiger partial charge in [0.2, 0.25) is 0 Å². The molecule has 2 aromatic rings. The van der Waals surface area contributed by atoms with Gasteiger partial charge in [-0.1, -0.05) is 30.3 Å². The van der Waals surface area contributed by atoms with E-state index in [2.05, 4.69) is 10.3 Å². The molecule has 1 aliphatic heterocycles. The minimum Gasteiger partial charge on any atom is -0.461 e. The molecule has 116 valence electrons. The van der Waals surface area contributed by atoms with Crippen LogP contribution in [0.2, 0.25) is 0 Å². The lowest BCUT2D eigenvalue weighted by Gasteiger charge is -2.24. The van der Waals surface area contributed by atoms with Gasteiger partial charge in [0.15, 0.2) is 11.5 Å². The van der Waals surface area contributed by atoms with E-state index < -0.39 is 12.0 Å². The van der Waals surface area contributed by atoms with Crippen LogP contribution in [-0.2, 0) is 9.53 Å². The first-order valence-electron chi connectivity index (χ1n) is 7.41. The first kappa shape index (κ1) is 15.0. The fraction of sp³-hybridized carbons (Fsp3) is 0.167. The Labute approximate surface area is 134 Å². The van der Waals surface area contributed by atoms with Crippen LogP contribution in [0.1, 0.15) is 17.3 Å². The predicted octanol–water partition coefficient (Wildman–Crippen LogP) is 3.00. The van der Waals surface area contributed by atoms with Crippen molar-refractivity contribution in [2.75, 3.05) is 11.9 Å². The summed E-state index contributed by atoms with van der Waals surface area (Å²) in [5.41, 5.74) is 1.81.